The van der Waals surface area contributed by atoms with Gasteiger partial charge in [-0.1, -0.05) is 63.6 Å². The summed E-state index contributed by atoms with van der Waals surface area (Å²) in [4.78, 5) is 2.21. The van der Waals surface area contributed by atoms with Gasteiger partial charge in [0.25, 0.3) is 0 Å². The van der Waals surface area contributed by atoms with Crippen LogP contribution in [0.5, 0.6) is 0 Å². The minimum atomic E-state index is 0. The Morgan fingerprint density at radius 3 is 1.42 bits per heavy atom. The van der Waals surface area contributed by atoms with Crippen molar-refractivity contribution in [1.82, 2.24) is 4.90 Å². The smallest absolute Gasteiger partial charge is 0.364 e. The van der Waals surface area contributed by atoms with Gasteiger partial charge in [-0.25, -0.2) is 0 Å². The normalized spacial score (nSPS) is 14.7. The quantitative estimate of drug-likeness (QED) is 0.540. The van der Waals surface area contributed by atoms with Gasteiger partial charge in [0.1, 0.15) is 0 Å². The summed E-state index contributed by atoms with van der Waals surface area (Å²) < 4.78 is 0. The number of hydrogen-bond donors (Lipinski definition) is 0. The van der Waals surface area contributed by atoms with Crippen molar-refractivity contribution in [3.05, 3.63) is 49.7 Å². The molecule has 0 atom stereocenters. The van der Waals surface area contributed by atoms with Crippen LogP contribution in [-0.4, -0.2) is 25.0 Å². The molecule has 0 unspecified atom stereocenters. The van der Waals surface area contributed by atoms with E-state index in [0.717, 1.165) is 13.1 Å². The predicted octanol–water partition coefficient (Wildman–Crippen LogP) is 4.63. The molecule has 1 aliphatic rings. The Bertz CT molecular complexity index is 262. The molecular weight excluding hydrogens is 402 g/mol. The Balaban J connectivity index is -0.000000205. The fourth-order valence-corrected chi connectivity index (χ4v) is 1.63. The van der Waals surface area contributed by atoms with Crippen molar-refractivity contribution in [3.63, 3.8) is 0 Å². The molecule has 0 radical (unpaired) electrons. The minimum absolute atomic E-state index is 0. The molecule has 1 nitrogen and oxygen atoms in total. The summed E-state index contributed by atoms with van der Waals surface area (Å²) in [7, 11) is 2.08. The van der Waals surface area contributed by atoms with Crippen molar-refractivity contribution in [2.75, 3.05) is 20.1 Å². The van der Waals surface area contributed by atoms with Gasteiger partial charge in [-0.2, -0.15) is 0 Å². The van der Waals surface area contributed by atoms with Crippen molar-refractivity contribution in [2.45, 2.75) is 34.6 Å². The Morgan fingerprint density at radius 2 is 1.32 bits per heavy atom. The summed E-state index contributed by atoms with van der Waals surface area (Å²) in [6.45, 7) is 19.9. The molecule has 19 heavy (non-hydrogen) atoms. The Labute approximate surface area is 136 Å². The average Bonchev–Trinajstić information content (AvgIpc) is 2.34. The first-order chi connectivity index (χ1) is 8.49. The van der Waals surface area contributed by atoms with Crippen LogP contribution in [0.2, 0.25) is 0 Å². The van der Waals surface area contributed by atoms with Gasteiger partial charge in [0.05, 0.1) is 0 Å². The van der Waals surface area contributed by atoms with Crippen LogP contribution >= 0.6 is 0 Å². The zero-order valence-electron chi connectivity index (χ0n) is 13.6. The van der Waals surface area contributed by atoms with E-state index in [-0.39, 0.29) is 26.5 Å². The summed E-state index contributed by atoms with van der Waals surface area (Å²) in [5.74, 6) is 0. The van der Waals surface area contributed by atoms with Crippen LogP contribution in [0.25, 0.3) is 0 Å². The fourth-order valence-electron chi connectivity index (χ4n) is 1.63. The second-order valence-corrected chi connectivity index (χ2v) is 4.33. The molecule has 0 saturated carbocycles. The SMILES string of the molecule is CC.CC.Cc1ccccc1.[CH2-]C1([CH2-])CN(C)C1.[W+2]. The predicted molar refractivity (Wildman–Crippen MR) is 84.5 cm³/mol. The molecule has 2 rings (SSSR count). The van der Waals surface area contributed by atoms with Gasteiger partial charge in [-0.3, -0.25) is 5.41 Å². The summed E-state index contributed by atoms with van der Waals surface area (Å²) in [6.07, 6.45) is 0. The van der Waals surface area contributed by atoms with Crippen molar-refractivity contribution < 1.29 is 21.1 Å². The second kappa shape index (κ2) is 14.3. The van der Waals surface area contributed by atoms with Crippen LogP contribution in [0.15, 0.2) is 30.3 Å². The molecule has 0 aromatic heterocycles. The van der Waals surface area contributed by atoms with Crippen molar-refractivity contribution in [1.29, 1.82) is 0 Å². The van der Waals surface area contributed by atoms with E-state index in [1.807, 2.05) is 45.9 Å². The standard InChI is InChI=1S/C7H8.C6H11N.2C2H6.W/c1-7-5-3-2-4-6-7;1-6(2)4-7(3)5-6;2*1-2;/h2-6H,1H3;1-2,4-5H2,3H3;2*1-2H3;/q;-2;;;+2. The molecule has 1 aromatic rings. The van der Waals surface area contributed by atoms with Crippen molar-refractivity contribution in [3.8, 4) is 0 Å². The first-order valence-electron chi connectivity index (χ1n) is 6.90. The van der Waals surface area contributed by atoms with Crippen molar-refractivity contribution >= 4 is 0 Å². The van der Waals surface area contributed by atoms with Gasteiger partial charge in [-0.05, 0) is 27.1 Å². The molecule has 0 aliphatic carbocycles. The molecule has 1 aromatic carbocycles. The summed E-state index contributed by atoms with van der Waals surface area (Å²) in [5.41, 5.74) is 1.44. The Hall–Kier alpha value is -0.132. The third kappa shape index (κ3) is 14.1. The molecule has 1 saturated heterocycles. The number of aryl methyl sites for hydroxylation is 1. The molecule has 0 bridgehead atoms. The van der Waals surface area contributed by atoms with E-state index in [1.54, 1.807) is 0 Å². The number of rotatable bonds is 0. The van der Waals surface area contributed by atoms with Crippen LogP contribution in [-0.2, 0) is 21.1 Å². The maximum atomic E-state index is 3.87. The zero-order valence-corrected chi connectivity index (χ0v) is 16.5. The van der Waals surface area contributed by atoms with E-state index >= 15 is 0 Å². The molecular formula is C17H31NW. The Morgan fingerprint density at radius 1 is 0.947 bits per heavy atom. The summed E-state index contributed by atoms with van der Waals surface area (Å²) in [5, 5.41) is 0. The van der Waals surface area contributed by atoms with Crippen LogP contribution in [0.1, 0.15) is 33.3 Å². The van der Waals surface area contributed by atoms with Crippen LogP contribution in [0, 0.1) is 26.2 Å². The molecule has 0 N–H and O–H groups in total. The van der Waals surface area contributed by atoms with E-state index in [2.05, 4.69) is 44.9 Å². The first kappa shape index (κ1) is 23.9. The third-order valence-electron chi connectivity index (χ3n) is 2.15. The molecule has 0 amide bonds. The third-order valence-corrected chi connectivity index (χ3v) is 2.15. The summed E-state index contributed by atoms with van der Waals surface area (Å²) in [6, 6.07) is 10.3. The van der Waals surface area contributed by atoms with E-state index in [4.69, 9.17) is 0 Å². The van der Waals surface area contributed by atoms with Crippen LogP contribution < -0.4 is 0 Å². The molecule has 0 spiro atoms. The number of nitrogens with zero attached hydrogens (tertiary/aromatic N) is 1. The van der Waals surface area contributed by atoms with Gasteiger partial charge in [0.15, 0.2) is 0 Å². The molecule has 1 aliphatic heterocycles. The first-order valence-corrected chi connectivity index (χ1v) is 6.90. The average molecular weight is 433 g/mol. The monoisotopic (exact) mass is 433 g/mol. The van der Waals surface area contributed by atoms with Gasteiger partial charge < -0.3 is 18.7 Å². The maximum Gasteiger partial charge on any atom is 2.00 e. The number of benzene rings is 1. The number of hydrogen-bond acceptors (Lipinski definition) is 1. The second-order valence-electron chi connectivity index (χ2n) is 4.33. The zero-order chi connectivity index (χ0) is 14.6. The van der Waals surface area contributed by atoms with Gasteiger partial charge in [-0.15, -0.1) is 0 Å². The molecule has 110 valence electrons. The molecule has 1 fully saturated rings. The van der Waals surface area contributed by atoms with Gasteiger partial charge >= 0.3 is 21.1 Å². The molecule has 1 heterocycles. The van der Waals surface area contributed by atoms with E-state index in [9.17, 15) is 0 Å². The van der Waals surface area contributed by atoms with E-state index in [1.165, 1.54) is 5.56 Å². The van der Waals surface area contributed by atoms with E-state index in [0.29, 0.717) is 0 Å². The topological polar surface area (TPSA) is 3.24 Å². The van der Waals surface area contributed by atoms with Crippen LogP contribution in [0.4, 0.5) is 0 Å². The summed E-state index contributed by atoms with van der Waals surface area (Å²) >= 11 is 0. The van der Waals surface area contributed by atoms with Gasteiger partial charge in [0, 0.05) is 0 Å². The van der Waals surface area contributed by atoms with E-state index < -0.39 is 0 Å². The van der Waals surface area contributed by atoms with Gasteiger partial charge in [0.2, 0.25) is 0 Å². The van der Waals surface area contributed by atoms with Crippen LogP contribution in [0.3, 0.4) is 0 Å². The fraction of sp³-hybridized carbons (Fsp3) is 0.529. The maximum absolute atomic E-state index is 3.87. The number of likely N-dealkylation sites (tertiary alicyclic amines) is 1. The largest absolute Gasteiger partial charge is 2.00 e. The Kier molecular flexibility index (Phi) is 18.0. The van der Waals surface area contributed by atoms with Crippen molar-refractivity contribution in [2.24, 2.45) is 5.41 Å². The minimum Gasteiger partial charge on any atom is -0.364 e. The molecule has 2 heteroatoms.